The van der Waals surface area contributed by atoms with Gasteiger partial charge in [-0.15, -0.1) is 0 Å². The summed E-state index contributed by atoms with van der Waals surface area (Å²) in [7, 11) is 0. The molecule has 0 radical (unpaired) electrons. The minimum absolute atomic E-state index is 0.664. The van der Waals surface area contributed by atoms with Gasteiger partial charge in [-0.1, -0.05) is 19.3 Å². The van der Waals surface area contributed by atoms with E-state index in [0.717, 1.165) is 18.8 Å². The Morgan fingerprint density at radius 1 is 1.00 bits per heavy atom. The number of hydrogen-bond donors (Lipinski definition) is 0. The van der Waals surface area contributed by atoms with E-state index in [2.05, 4.69) is 9.78 Å². The Labute approximate surface area is 90.9 Å². The first-order chi connectivity index (χ1) is 7.43. The Hall–Kier alpha value is -0.860. The number of fused-ring (bicyclic) bond motifs is 1. The molecule has 1 aromatic rings. The number of hydrogen-bond acceptors (Lipinski definition) is 2. The number of aryl methyl sites for hydroxylation is 2. The third kappa shape index (κ3) is 1.80. The van der Waals surface area contributed by atoms with Gasteiger partial charge in [-0.3, -0.25) is 0 Å². The maximum atomic E-state index is 4.73. The molecule has 82 valence electrons. The minimum Gasteiger partial charge on any atom is -0.250 e. The summed E-state index contributed by atoms with van der Waals surface area (Å²) < 4.78 is 2.15. The van der Waals surface area contributed by atoms with Crippen molar-refractivity contribution in [2.24, 2.45) is 0 Å². The second-order valence-corrected chi connectivity index (χ2v) is 4.90. The van der Waals surface area contributed by atoms with Crippen LogP contribution in [0.2, 0.25) is 0 Å². The van der Waals surface area contributed by atoms with Gasteiger partial charge < -0.3 is 0 Å². The molecule has 3 heteroatoms. The van der Waals surface area contributed by atoms with E-state index < -0.39 is 0 Å². The highest BCUT2D eigenvalue weighted by atomic mass is 15.4. The lowest BCUT2D eigenvalue weighted by Crippen LogP contribution is -2.11. The molecule has 0 aromatic carbocycles. The van der Waals surface area contributed by atoms with Crippen molar-refractivity contribution in [3.8, 4) is 0 Å². The van der Waals surface area contributed by atoms with Gasteiger partial charge >= 0.3 is 0 Å². The molecule has 1 fully saturated rings. The second kappa shape index (κ2) is 3.95. The monoisotopic (exact) mass is 205 g/mol. The van der Waals surface area contributed by atoms with Crippen LogP contribution in [0.1, 0.15) is 62.5 Å². The maximum Gasteiger partial charge on any atom is 0.154 e. The summed E-state index contributed by atoms with van der Waals surface area (Å²) in [6.07, 6.45) is 10.5. The zero-order chi connectivity index (χ0) is 10.1. The molecule has 0 bridgehead atoms. The van der Waals surface area contributed by atoms with Crippen LogP contribution in [0.3, 0.4) is 0 Å². The normalized spacial score (nSPS) is 22.7. The van der Waals surface area contributed by atoms with E-state index >= 15 is 0 Å². The average Bonchev–Trinajstić information content (AvgIpc) is 2.74. The van der Waals surface area contributed by atoms with E-state index in [-0.39, 0.29) is 0 Å². The summed E-state index contributed by atoms with van der Waals surface area (Å²) in [4.78, 5) is 4.73. The minimum atomic E-state index is 0.664. The lowest BCUT2D eigenvalue weighted by molar-refractivity contribution is 0.423. The predicted molar refractivity (Wildman–Crippen MR) is 58.8 cm³/mol. The molecule has 3 nitrogen and oxygen atoms in total. The van der Waals surface area contributed by atoms with E-state index in [1.165, 1.54) is 50.8 Å². The zero-order valence-corrected chi connectivity index (χ0v) is 9.28. The van der Waals surface area contributed by atoms with Crippen molar-refractivity contribution < 1.29 is 0 Å². The van der Waals surface area contributed by atoms with Crippen LogP contribution in [-0.4, -0.2) is 14.8 Å². The molecule has 2 heterocycles. The number of nitrogens with zero attached hydrogens (tertiary/aromatic N) is 3. The molecule has 0 spiro atoms. The van der Waals surface area contributed by atoms with E-state index in [1.807, 2.05) is 0 Å². The summed E-state index contributed by atoms with van der Waals surface area (Å²) in [5.41, 5.74) is 0. The van der Waals surface area contributed by atoms with Crippen LogP contribution in [0, 0.1) is 0 Å². The van der Waals surface area contributed by atoms with E-state index in [1.54, 1.807) is 0 Å². The number of rotatable bonds is 1. The molecular formula is C12H19N3. The van der Waals surface area contributed by atoms with Gasteiger partial charge in [0.2, 0.25) is 0 Å². The smallest absolute Gasteiger partial charge is 0.154 e. The molecule has 0 N–H and O–H groups in total. The topological polar surface area (TPSA) is 30.7 Å². The third-order valence-corrected chi connectivity index (χ3v) is 3.76. The quantitative estimate of drug-likeness (QED) is 0.705. The molecule has 0 amide bonds. The summed E-state index contributed by atoms with van der Waals surface area (Å²) in [6.45, 7) is 1.09. The van der Waals surface area contributed by atoms with Gasteiger partial charge in [0.1, 0.15) is 5.82 Å². The van der Waals surface area contributed by atoms with Crippen LogP contribution in [0.4, 0.5) is 0 Å². The molecule has 2 aliphatic rings. The largest absolute Gasteiger partial charge is 0.250 e. The summed E-state index contributed by atoms with van der Waals surface area (Å²) >= 11 is 0. The SMILES string of the molecule is C1CCC(c2nc3n(n2)CCCC3)CC1. The van der Waals surface area contributed by atoms with Crippen LogP contribution < -0.4 is 0 Å². The van der Waals surface area contributed by atoms with Gasteiger partial charge in [-0.25, -0.2) is 9.67 Å². The van der Waals surface area contributed by atoms with Gasteiger partial charge in [0.25, 0.3) is 0 Å². The van der Waals surface area contributed by atoms with Crippen molar-refractivity contribution in [1.29, 1.82) is 0 Å². The first-order valence-corrected chi connectivity index (χ1v) is 6.37. The third-order valence-electron chi connectivity index (χ3n) is 3.76. The molecule has 0 saturated heterocycles. The standard InChI is InChI=1S/C12H19N3/c1-2-6-10(7-3-1)12-13-11-8-4-5-9-15(11)14-12/h10H,1-9H2. The van der Waals surface area contributed by atoms with Crippen molar-refractivity contribution in [1.82, 2.24) is 14.8 Å². The Bertz CT molecular complexity index is 313. The Kier molecular flexibility index (Phi) is 2.47. The lowest BCUT2D eigenvalue weighted by Gasteiger charge is -2.18. The van der Waals surface area contributed by atoms with Gasteiger partial charge in [-0.2, -0.15) is 5.10 Å². The number of aromatic nitrogens is 3. The zero-order valence-electron chi connectivity index (χ0n) is 9.28. The molecule has 1 aliphatic carbocycles. The summed E-state index contributed by atoms with van der Waals surface area (Å²) in [5.74, 6) is 3.05. The fraction of sp³-hybridized carbons (Fsp3) is 0.833. The second-order valence-electron chi connectivity index (χ2n) is 4.90. The van der Waals surface area contributed by atoms with Crippen LogP contribution in [0.15, 0.2) is 0 Å². The van der Waals surface area contributed by atoms with Gasteiger partial charge in [-0.05, 0) is 25.7 Å². The van der Waals surface area contributed by atoms with E-state index in [4.69, 9.17) is 4.98 Å². The molecule has 15 heavy (non-hydrogen) atoms. The van der Waals surface area contributed by atoms with Gasteiger partial charge in [0.15, 0.2) is 5.82 Å². The van der Waals surface area contributed by atoms with Gasteiger partial charge in [0, 0.05) is 18.9 Å². The van der Waals surface area contributed by atoms with Crippen LogP contribution in [0.5, 0.6) is 0 Å². The highest BCUT2D eigenvalue weighted by Gasteiger charge is 2.22. The van der Waals surface area contributed by atoms with Crippen molar-refractivity contribution in [3.63, 3.8) is 0 Å². The van der Waals surface area contributed by atoms with E-state index in [0.29, 0.717) is 5.92 Å². The van der Waals surface area contributed by atoms with Crippen LogP contribution in [-0.2, 0) is 13.0 Å². The lowest BCUT2D eigenvalue weighted by atomic mass is 9.89. The van der Waals surface area contributed by atoms with Gasteiger partial charge in [0.05, 0.1) is 0 Å². The highest BCUT2D eigenvalue weighted by Crippen LogP contribution is 2.31. The summed E-state index contributed by atoms with van der Waals surface area (Å²) in [6, 6.07) is 0. The molecular weight excluding hydrogens is 186 g/mol. The van der Waals surface area contributed by atoms with Crippen molar-refractivity contribution >= 4 is 0 Å². The van der Waals surface area contributed by atoms with Crippen molar-refractivity contribution in [2.75, 3.05) is 0 Å². The Morgan fingerprint density at radius 2 is 1.87 bits per heavy atom. The van der Waals surface area contributed by atoms with Crippen molar-refractivity contribution in [2.45, 2.75) is 63.8 Å². The van der Waals surface area contributed by atoms with E-state index in [9.17, 15) is 0 Å². The molecule has 1 saturated carbocycles. The molecule has 1 aromatic heterocycles. The van der Waals surface area contributed by atoms with Crippen LogP contribution >= 0.6 is 0 Å². The highest BCUT2D eigenvalue weighted by molar-refractivity contribution is 5.02. The molecule has 0 unspecified atom stereocenters. The predicted octanol–water partition coefficient (Wildman–Crippen LogP) is 2.66. The molecule has 3 rings (SSSR count). The average molecular weight is 205 g/mol. The first-order valence-electron chi connectivity index (χ1n) is 6.37. The molecule has 0 atom stereocenters. The van der Waals surface area contributed by atoms with Crippen molar-refractivity contribution in [3.05, 3.63) is 11.6 Å². The Balaban J connectivity index is 1.82. The Morgan fingerprint density at radius 3 is 2.67 bits per heavy atom. The maximum absolute atomic E-state index is 4.73. The first kappa shape index (κ1) is 9.37. The fourth-order valence-electron chi connectivity index (χ4n) is 2.84. The van der Waals surface area contributed by atoms with Crippen LogP contribution in [0.25, 0.3) is 0 Å². The fourth-order valence-corrected chi connectivity index (χ4v) is 2.84. The summed E-state index contributed by atoms with van der Waals surface area (Å²) in [5, 5.41) is 4.68. The molecule has 1 aliphatic heterocycles.